The van der Waals surface area contributed by atoms with Crippen molar-refractivity contribution in [2.24, 2.45) is 5.41 Å². The zero-order valence-electron chi connectivity index (χ0n) is 8.51. The van der Waals surface area contributed by atoms with Crippen molar-refractivity contribution in [3.05, 3.63) is 12.4 Å². The summed E-state index contributed by atoms with van der Waals surface area (Å²) in [5.41, 5.74) is -0.348. The van der Waals surface area contributed by atoms with E-state index in [2.05, 4.69) is 5.10 Å². The van der Waals surface area contributed by atoms with Gasteiger partial charge in [-0.1, -0.05) is 13.8 Å². The molecule has 1 rings (SSSR count). The molecule has 0 radical (unpaired) electrons. The van der Waals surface area contributed by atoms with Crippen LogP contribution >= 0.6 is 10.7 Å². The number of halogens is 1. The number of aromatic nitrogens is 2. The first-order valence-corrected chi connectivity index (χ1v) is 6.63. The van der Waals surface area contributed by atoms with Crippen molar-refractivity contribution < 1.29 is 13.5 Å². The molecule has 0 aliphatic rings. The standard InChI is InChI=1S/C8H13ClN2O3S/c1-8(2,6-12)5-11-4-7(3-10-11)15(9,13)14/h3-4,12H,5-6H2,1-2H3. The molecule has 1 aromatic rings. The smallest absolute Gasteiger partial charge is 0.264 e. The molecular weight excluding hydrogens is 240 g/mol. The van der Waals surface area contributed by atoms with Crippen LogP contribution in [0.15, 0.2) is 17.3 Å². The van der Waals surface area contributed by atoms with E-state index in [1.807, 2.05) is 13.8 Å². The second-order valence-corrected chi connectivity index (χ2v) is 6.70. The van der Waals surface area contributed by atoms with Crippen molar-refractivity contribution in [2.45, 2.75) is 25.3 Å². The molecule has 0 saturated heterocycles. The van der Waals surface area contributed by atoms with Gasteiger partial charge in [-0.3, -0.25) is 4.68 Å². The van der Waals surface area contributed by atoms with Gasteiger partial charge in [0.05, 0.1) is 6.20 Å². The maximum absolute atomic E-state index is 10.9. The van der Waals surface area contributed by atoms with Crippen LogP contribution in [0.4, 0.5) is 0 Å². The average molecular weight is 253 g/mol. The van der Waals surface area contributed by atoms with Crippen LogP contribution in [0.25, 0.3) is 0 Å². The van der Waals surface area contributed by atoms with Gasteiger partial charge >= 0.3 is 0 Å². The molecule has 0 fully saturated rings. The van der Waals surface area contributed by atoms with Crippen molar-refractivity contribution >= 4 is 19.7 Å². The van der Waals surface area contributed by atoms with Gasteiger partial charge in [-0.25, -0.2) is 8.42 Å². The number of hydrogen-bond acceptors (Lipinski definition) is 4. The lowest BCUT2D eigenvalue weighted by molar-refractivity contribution is 0.136. The Kier molecular flexibility index (Phi) is 3.42. The van der Waals surface area contributed by atoms with E-state index in [-0.39, 0.29) is 16.9 Å². The molecular formula is C8H13ClN2O3S. The molecule has 0 aromatic carbocycles. The SMILES string of the molecule is CC(C)(CO)Cn1cc(S(=O)(=O)Cl)cn1. The van der Waals surface area contributed by atoms with E-state index < -0.39 is 9.05 Å². The van der Waals surface area contributed by atoms with Crippen molar-refractivity contribution in [1.82, 2.24) is 9.78 Å². The minimum absolute atomic E-state index is 0.00415. The molecule has 0 aliphatic heterocycles. The molecule has 1 aromatic heterocycles. The van der Waals surface area contributed by atoms with Crippen LogP contribution in [-0.4, -0.2) is 29.9 Å². The Morgan fingerprint density at radius 1 is 1.60 bits per heavy atom. The largest absolute Gasteiger partial charge is 0.396 e. The molecule has 86 valence electrons. The molecule has 0 bridgehead atoms. The van der Waals surface area contributed by atoms with Gasteiger partial charge in [0.2, 0.25) is 0 Å². The molecule has 15 heavy (non-hydrogen) atoms. The molecule has 0 unspecified atom stereocenters. The number of rotatable bonds is 4. The lowest BCUT2D eigenvalue weighted by atomic mass is 9.95. The van der Waals surface area contributed by atoms with Crippen molar-refractivity contribution in [3.63, 3.8) is 0 Å². The van der Waals surface area contributed by atoms with Crippen molar-refractivity contribution in [2.75, 3.05) is 6.61 Å². The van der Waals surface area contributed by atoms with Crippen LogP contribution in [0.2, 0.25) is 0 Å². The highest BCUT2D eigenvalue weighted by atomic mass is 35.7. The number of nitrogens with zero attached hydrogens (tertiary/aromatic N) is 2. The minimum atomic E-state index is -3.72. The van der Waals surface area contributed by atoms with E-state index in [0.717, 1.165) is 0 Å². The maximum Gasteiger partial charge on any atom is 0.264 e. The van der Waals surface area contributed by atoms with E-state index in [0.29, 0.717) is 6.54 Å². The third kappa shape index (κ3) is 3.48. The summed E-state index contributed by atoms with van der Waals surface area (Å²) in [5, 5.41) is 12.9. The molecule has 0 amide bonds. The fourth-order valence-corrected chi connectivity index (χ4v) is 1.71. The minimum Gasteiger partial charge on any atom is -0.396 e. The highest BCUT2D eigenvalue weighted by molar-refractivity contribution is 8.13. The first-order chi connectivity index (χ1) is 6.74. The van der Waals surface area contributed by atoms with E-state index >= 15 is 0 Å². The summed E-state index contributed by atoms with van der Waals surface area (Å²) >= 11 is 0. The summed E-state index contributed by atoms with van der Waals surface area (Å²) in [6, 6.07) is 0. The lowest BCUT2D eigenvalue weighted by Gasteiger charge is -2.20. The Hall–Kier alpha value is -0.590. The fourth-order valence-electron chi connectivity index (χ4n) is 1.05. The molecule has 1 N–H and O–H groups in total. The topological polar surface area (TPSA) is 72.2 Å². The van der Waals surface area contributed by atoms with E-state index in [1.54, 1.807) is 0 Å². The fraction of sp³-hybridized carbons (Fsp3) is 0.625. The van der Waals surface area contributed by atoms with Crippen LogP contribution in [0.3, 0.4) is 0 Å². The molecule has 0 aliphatic carbocycles. The predicted octanol–water partition coefficient (Wildman–Crippen LogP) is 0.829. The van der Waals surface area contributed by atoms with Crippen molar-refractivity contribution in [3.8, 4) is 0 Å². The normalized spacial score (nSPS) is 13.1. The van der Waals surface area contributed by atoms with Crippen LogP contribution in [0, 0.1) is 5.41 Å². The van der Waals surface area contributed by atoms with Gasteiger partial charge in [0.1, 0.15) is 4.90 Å². The van der Waals surface area contributed by atoms with Gasteiger partial charge in [-0.05, 0) is 0 Å². The highest BCUT2D eigenvalue weighted by Crippen LogP contribution is 2.18. The number of aliphatic hydroxyl groups excluding tert-OH is 1. The highest BCUT2D eigenvalue weighted by Gasteiger charge is 2.19. The molecule has 0 spiro atoms. The summed E-state index contributed by atoms with van der Waals surface area (Å²) < 4.78 is 23.3. The summed E-state index contributed by atoms with van der Waals surface area (Å²) in [7, 11) is 1.43. The van der Waals surface area contributed by atoms with Gasteiger partial charge in [0.15, 0.2) is 0 Å². The predicted molar refractivity (Wildman–Crippen MR) is 56.1 cm³/mol. The average Bonchev–Trinajstić information content (AvgIpc) is 2.51. The summed E-state index contributed by atoms with van der Waals surface area (Å²) in [4.78, 5) is -0.0297. The van der Waals surface area contributed by atoms with Crippen LogP contribution in [0.1, 0.15) is 13.8 Å². The Morgan fingerprint density at radius 3 is 2.60 bits per heavy atom. The Labute approximate surface area is 93.1 Å². The zero-order chi connectivity index (χ0) is 11.7. The number of aliphatic hydroxyl groups is 1. The monoisotopic (exact) mass is 252 g/mol. The summed E-state index contributed by atoms with van der Waals surface area (Å²) in [5.74, 6) is 0. The van der Waals surface area contributed by atoms with Crippen LogP contribution in [-0.2, 0) is 15.6 Å². The first kappa shape index (κ1) is 12.5. The van der Waals surface area contributed by atoms with Gasteiger partial charge in [0.25, 0.3) is 9.05 Å². The lowest BCUT2D eigenvalue weighted by Crippen LogP contribution is -2.23. The third-order valence-electron chi connectivity index (χ3n) is 1.91. The third-order valence-corrected chi connectivity index (χ3v) is 3.22. The van der Waals surface area contributed by atoms with Crippen LogP contribution < -0.4 is 0 Å². The van der Waals surface area contributed by atoms with Gasteiger partial charge in [-0.15, -0.1) is 0 Å². The Bertz CT molecular complexity index is 438. The van der Waals surface area contributed by atoms with Gasteiger partial charge in [-0.2, -0.15) is 5.10 Å². The Balaban J connectivity index is 2.87. The maximum atomic E-state index is 10.9. The zero-order valence-corrected chi connectivity index (χ0v) is 10.1. The molecule has 5 nitrogen and oxygen atoms in total. The number of hydrogen-bond donors (Lipinski definition) is 1. The molecule has 0 atom stereocenters. The van der Waals surface area contributed by atoms with E-state index in [4.69, 9.17) is 15.8 Å². The van der Waals surface area contributed by atoms with E-state index in [9.17, 15) is 8.42 Å². The quantitative estimate of drug-likeness (QED) is 0.806. The molecule has 0 saturated carbocycles. The summed E-state index contributed by atoms with van der Waals surface area (Å²) in [6.45, 7) is 4.12. The van der Waals surface area contributed by atoms with Gasteiger partial charge in [0, 0.05) is 35.4 Å². The molecule has 7 heteroatoms. The second kappa shape index (κ2) is 4.11. The summed E-state index contributed by atoms with van der Waals surface area (Å²) in [6.07, 6.45) is 2.54. The molecule has 1 heterocycles. The Morgan fingerprint density at radius 2 is 2.20 bits per heavy atom. The van der Waals surface area contributed by atoms with Crippen LogP contribution in [0.5, 0.6) is 0 Å². The van der Waals surface area contributed by atoms with E-state index in [1.165, 1.54) is 17.1 Å². The van der Waals surface area contributed by atoms with Crippen molar-refractivity contribution in [1.29, 1.82) is 0 Å². The van der Waals surface area contributed by atoms with Gasteiger partial charge < -0.3 is 5.11 Å². The first-order valence-electron chi connectivity index (χ1n) is 4.33. The second-order valence-electron chi connectivity index (χ2n) is 4.13.